The molecule has 0 spiro atoms. The number of hydrogen-bond acceptors (Lipinski definition) is 2. The van der Waals surface area contributed by atoms with Crippen LogP contribution in [0.4, 0.5) is 0 Å². The Morgan fingerprint density at radius 1 is 1.36 bits per heavy atom. The molecular weight excluding hydrogens is 300 g/mol. The van der Waals surface area contributed by atoms with Crippen LogP contribution in [0.1, 0.15) is 18.4 Å². The highest BCUT2D eigenvalue weighted by Gasteiger charge is 2.28. The lowest BCUT2D eigenvalue weighted by Gasteiger charge is -2.22. The van der Waals surface area contributed by atoms with Crippen LogP contribution in [0.2, 0.25) is 5.02 Å². The van der Waals surface area contributed by atoms with Crippen molar-refractivity contribution >= 4 is 23.5 Å². The third-order valence-electron chi connectivity index (χ3n) is 3.54. The van der Waals surface area contributed by atoms with Gasteiger partial charge < -0.3 is 15.5 Å². The van der Waals surface area contributed by atoms with Crippen molar-refractivity contribution in [2.45, 2.75) is 19.4 Å². The highest BCUT2D eigenvalue weighted by molar-refractivity contribution is 6.30. The van der Waals surface area contributed by atoms with Gasteiger partial charge in [-0.25, -0.2) is 0 Å². The molecule has 1 saturated carbocycles. The van der Waals surface area contributed by atoms with Crippen molar-refractivity contribution in [1.29, 1.82) is 0 Å². The van der Waals surface area contributed by atoms with Crippen molar-refractivity contribution in [2.24, 2.45) is 10.9 Å². The number of benzene rings is 1. The van der Waals surface area contributed by atoms with Crippen molar-refractivity contribution in [3.8, 4) is 0 Å². The number of guanidine groups is 1. The van der Waals surface area contributed by atoms with Gasteiger partial charge in [-0.3, -0.25) is 9.79 Å². The van der Waals surface area contributed by atoms with E-state index in [1.165, 1.54) is 0 Å². The van der Waals surface area contributed by atoms with Crippen LogP contribution in [0.15, 0.2) is 29.3 Å². The summed E-state index contributed by atoms with van der Waals surface area (Å²) in [6, 6.07) is 7.78. The van der Waals surface area contributed by atoms with E-state index in [0.717, 1.165) is 29.4 Å². The summed E-state index contributed by atoms with van der Waals surface area (Å²) < 4.78 is 0. The standard InChI is InChI=1S/C16H23ClN4O/c1-18-16(20-9-8-19-15(22)13-6-7-13)21(2)11-12-4-3-5-14(17)10-12/h3-5,10,13H,6-9,11H2,1-2H3,(H,18,20)(H,19,22). The van der Waals surface area contributed by atoms with Crippen LogP contribution >= 0.6 is 11.6 Å². The van der Waals surface area contributed by atoms with Crippen LogP contribution in [0, 0.1) is 5.92 Å². The van der Waals surface area contributed by atoms with Crippen LogP contribution in [0.25, 0.3) is 0 Å². The van der Waals surface area contributed by atoms with E-state index in [9.17, 15) is 4.79 Å². The van der Waals surface area contributed by atoms with Crippen LogP contribution in [0.3, 0.4) is 0 Å². The molecule has 0 radical (unpaired) electrons. The molecule has 0 unspecified atom stereocenters. The van der Waals surface area contributed by atoms with Gasteiger partial charge in [0.15, 0.2) is 5.96 Å². The Balaban J connectivity index is 1.74. The summed E-state index contributed by atoms with van der Waals surface area (Å²) in [4.78, 5) is 17.8. The van der Waals surface area contributed by atoms with Gasteiger partial charge in [-0.1, -0.05) is 23.7 Å². The first kappa shape index (κ1) is 16.6. The molecular formula is C16H23ClN4O. The summed E-state index contributed by atoms with van der Waals surface area (Å²) in [5, 5.41) is 6.91. The molecule has 0 bridgehead atoms. The van der Waals surface area contributed by atoms with E-state index in [2.05, 4.69) is 15.6 Å². The van der Waals surface area contributed by atoms with Crippen LogP contribution in [-0.2, 0) is 11.3 Å². The quantitative estimate of drug-likeness (QED) is 0.477. The van der Waals surface area contributed by atoms with Crippen molar-refractivity contribution in [1.82, 2.24) is 15.5 Å². The van der Waals surface area contributed by atoms with Crippen molar-refractivity contribution < 1.29 is 4.79 Å². The van der Waals surface area contributed by atoms with Gasteiger partial charge in [0.2, 0.25) is 5.91 Å². The van der Waals surface area contributed by atoms with Gasteiger partial charge in [0.25, 0.3) is 0 Å². The molecule has 1 aliphatic carbocycles. The van der Waals surface area contributed by atoms with Crippen LogP contribution < -0.4 is 10.6 Å². The maximum absolute atomic E-state index is 11.5. The van der Waals surface area contributed by atoms with Crippen LogP contribution in [-0.4, -0.2) is 44.0 Å². The molecule has 0 aliphatic heterocycles. The summed E-state index contributed by atoms with van der Waals surface area (Å²) in [6.07, 6.45) is 2.06. The fourth-order valence-corrected chi connectivity index (χ4v) is 2.43. The maximum Gasteiger partial charge on any atom is 0.223 e. The molecule has 2 N–H and O–H groups in total. The number of hydrogen-bond donors (Lipinski definition) is 2. The lowest BCUT2D eigenvalue weighted by atomic mass is 10.2. The van der Waals surface area contributed by atoms with E-state index in [1.807, 2.05) is 36.2 Å². The summed E-state index contributed by atoms with van der Waals surface area (Å²) >= 11 is 6.00. The Labute approximate surface area is 136 Å². The predicted molar refractivity (Wildman–Crippen MR) is 90.0 cm³/mol. The average molecular weight is 323 g/mol. The third-order valence-corrected chi connectivity index (χ3v) is 3.77. The Bertz CT molecular complexity index is 543. The molecule has 22 heavy (non-hydrogen) atoms. The molecule has 1 aromatic rings. The Morgan fingerprint density at radius 3 is 2.73 bits per heavy atom. The first-order valence-corrected chi connectivity index (χ1v) is 7.92. The maximum atomic E-state index is 11.5. The molecule has 1 amide bonds. The molecule has 1 fully saturated rings. The van der Waals surface area contributed by atoms with Gasteiger partial charge in [0.1, 0.15) is 0 Å². The normalized spacial score (nSPS) is 14.6. The van der Waals surface area contributed by atoms with E-state index in [0.29, 0.717) is 19.6 Å². The second-order valence-electron chi connectivity index (χ2n) is 5.53. The van der Waals surface area contributed by atoms with Crippen LogP contribution in [0.5, 0.6) is 0 Å². The van der Waals surface area contributed by atoms with E-state index >= 15 is 0 Å². The zero-order valence-corrected chi connectivity index (χ0v) is 13.9. The van der Waals surface area contributed by atoms with E-state index in [4.69, 9.17) is 11.6 Å². The molecule has 2 rings (SSSR count). The molecule has 5 nitrogen and oxygen atoms in total. The van der Waals surface area contributed by atoms with E-state index < -0.39 is 0 Å². The number of carbonyl (C=O) groups is 1. The van der Waals surface area contributed by atoms with Gasteiger partial charge in [-0.15, -0.1) is 0 Å². The number of nitrogens with zero attached hydrogens (tertiary/aromatic N) is 2. The lowest BCUT2D eigenvalue weighted by Crippen LogP contribution is -2.42. The number of rotatable bonds is 6. The smallest absolute Gasteiger partial charge is 0.223 e. The number of aliphatic imine (C=N–C) groups is 1. The lowest BCUT2D eigenvalue weighted by molar-refractivity contribution is -0.122. The third kappa shape index (κ3) is 5.22. The van der Waals surface area contributed by atoms with Gasteiger partial charge >= 0.3 is 0 Å². The number of nitrogens with one attached hydrogen (secondary N) is 2. The summed E-state index contributed by atoms with van der Waals surface area (Å²) in [7, 11) is 3.72. The Kier molecular flexibility index (Phi) is 6.07. The molecule has 1 aromatic carbocycles. The molecule has 0 aromatic heterocycles. The SMILES string of the molecule is CN=C(NCCNC(=O)C1CC1)N(C)Cc1cccc(Cl)c1. The summed E-state index contributed by atoms with van der Waals surface area (Å²) in [5.74, 6) is 1.22. The summed E-state index contributed by atoms with van der Waals surface area (Å²) in [6.45, 7) is 1.99. The monoisotopic (exact) mass is 322 g/mol. The van der Waals surface area contributed by atoms with E-state index in [1.54, 1.807) is 7.05 Å². The minimum absolute atomic E-state index is 0.170. The van der Waals surface area contributed by atoms with E-state index in [-0.39, 0.29) is 11.8 Å². The first-order chi connectivity index (χ1) is 10.6. The van der Waals surface area contributed by atoms with Gasteiger partial charge in [-0.2, -0.15) is 0 Å². The molecule has 0 heterocycles. The minimum Gasteiger partial charge on any atom is -0.354 e. The topological polar surface area (TPSA) is 56.7 Å². The summed E-state index contributed by atoms with van der Waals surface area (Å²) in [5.41, 5.74) is 1.12. The Morgan fingerprint density at radius 2 is 2.09 bits per heavy atom. The fourth-order valence-electron chi connectivity index (χ4n) is 2.22. The van der Waals surface area contributed by atoms with Crippen molar-refractivity contribution in [3.05, 3.63) is 34.9 Å². The molecule has 120 valence electrons. The zero-order valence-electron chi connectivity index (χ0n) is 13.1. The largest absolute Gasteiger partial charge is 0.354 e. The first-order valence-electron chi connectivity index (χ1n) is 7.54. The second kappa shape index (κ2) is 8.03. The van der Waals surface area contributed by atoms with Gasteiger partial charge in [0.05, 0.1) is 0 Å². The number of amides is 1. The fraction of sp³-hybridized carbons (Fsp3) is 0.500. The molecule has 0 saturated heterocycles. The van der Waals surface area contributed by atoms with Gasteiger partial charge in [-0.05, 0) is 30.5 Å². The molecule has 1 aliphatic rings. The Hall–Kier alpha value is -1.75. The minimum atomic E-state index is 0.170. The highest BCUT2D eigenvalue weighted by atomic mass is 35.5. The predicted octanol–water partition coefficient (Wildman–Crippen LogP) is 1.87. The number of halogens is 1. The second-order valence-corrected chi connectivity index (χ2v) is 5.96. The van der Waals surface area contributed by atoms with Gasteiger partial charge in [0, 0.05) is 44.7 Å². The average Bonchev–Trinajstić information content (AvgIpc) is 3.31. The number of carbonyl (C=O) groups excluding carboxylic acids is 1. The van der Waals surface area contributed by atoms with Crippen molar-refractivity contribution in [3.63, 3.8) is 0 Å². The van der Waals surface area contributed by atoms with Crippen molar-refractivity contribution in [2.75, 3.05) is 27.2 Å². The molecule has 6 heteroatoms. The molecule has 0 atom stereocenters. The highest BCUT2D eigenvalue weighted by Crippen LogP contribution is 2.28. The zero-order chi connectivity index (χ0) is 15.9.